The van der Waals surface area contributed by atoms with Gasteiger partial charge in [-0.25, -0.2) is 17.7 Å². The number of halogens is 1. The van der Waals surface area contributed by atoms with Crippen molar-refractivity contribution in [1.82, 2.24) is 9.29 Å². The summed E-state index contributed by atoms with van der Waals surface area (Å²) in [6.45, 7) is -0.638. The highest BCUT2D eigenvalue weighted by atomic mass is 35.5. The van der Waals surface area contributed by atoms with E-state index in [1.807, 2.05) is 0 Å². The Morgan fingerprint density at radius 1 is 1.22 bits per heavy atom. The van der Waals surface area contributed by atoms with Crippen molar-refractivity contribution >= 4 is 39.1 Å². The molecule has 3 rings (SSSR count). The summed E-state index contributed by atoms with van der Waals surface area (Å²) in [5.41, 5.74) is 0.292. The number of nitrogens with zero attached hydrogens (tertiary/aromatic N) is 2. The van der Waals surface area contributed by atoms with E-state index in [4.69, 9.17) is 11.6 Å². The van der Waals surface area contributed by atoms with Crippen LogP contribution in [-0.2, 0) is 14.8 Å². The number of sulfonamides is 1. The molecule has 2 amide bonds. The molecule has 0 unspecified atom stereocenters. The predicted molar refractivity (Wildman–Crippen MR) is 82.5 cm³/mol. The van der Waals surface area contributed by atoms with Crippen LogP contribution in [0, 0.1) is 0 Å². The van der Waals surface area contributed by atoms with E-state index in [-0.39, 0.29) is 21.3 Å². The van der Waals surface area contributed by atoms with Gasteiger partial charge in [0.25, 0.3) is 15.9 Å². The largest absolute Gasteiger partial charge is 0.322 e. The van der Waals surface area contributed by atoms with Crippen LogP contribution in [0.5, 0.6) is 0 Å². The van der Waals surface area contributed by atoms with Gasteiger partial charge in [0.05, 0.1) is 11.3 Å². The van der Waals surface area contributed by atoms with Gasteiger partial charge in [-0.05, 0) is 24.3 Å². The number of rotatable bonds is 3. The number of hydrogen-bond acceptors (Lipinski definition) is 5. The Balaban J connectivity index is 1.83. The summed E-state index contributed by atoms with van der Waals surface area (Å²) in [6.07, 6.45) is 1.45. The van der Waals surface area contributed by atoms with Crippen LogP contribution < -0.4 is 5.32 Å². The highest BCUT2D eigenvalue weighted by Crippen LogP contribution is 2.29. The molecule has 9 heteroatoms. The topological polar surface area (TPSA) is 96.4 Å². The quantitative estimate of drug-likeness (QED) is 0.846. The number of carbonyl (C=O) groups excluding carboxylic acids is 2. The summed E-state index contributed by atoms with van der Waals surface area (Å²) in [5.74, 6) is -1.42. The summed E-state index contributed by atoms with van der Waals surface area (Å²) in [7, 11) is -4.02. The van der Waals surface area contributed by atoms with Crippen molar-refractivity contribution in [2.24, 2.45) is 0 Å². The van der Waals surface area contributed by atoms with Crippen molar-refractivity contribution in [3.05, 3.63) is 53.3 Å². The molecule has 2 aromatic rings. The maximum Gasteiger partial charge on any atom is 0.269 e. The second kappa shape index (κ2) is 5.64. The predicted octanol–water partition coefficient (Wildman–Crippen LogP) is 1.52. The third-order valence-electron chi connectivity index (χ3n) is 3.23. The molecule has 2 heterocycles. The zero-order valence-corrected chi connectivity index (χ0v) is 13.1. The first-order valence-electron chi connectivity index (χ1n) is 6.48. The van der Waals surface area contributed by atoms with Crippen molar-refractivity contribution in [3.8, 4) is 0 Å². The van der Waals surface area contributed by atoms with Gasteiger partial charge < -0.3 is 5.32 Å². The number of fused-ring (bicyclic) bond motifs is 1. The monoisotopic (exact) mass is 351 g/mol. The maximum absolute atomic E-state index is 12.3. The van der Waals surface area contributed by atoms with Crippen molar-refractivity contribution in [1.29, 1.82) is 0 Å². The number of aromatic nitrogens is 1. The first-order chi connectivity index (χ1) is 10.9. The van der Waals surface area contributed by atoms with Gasteiger partial charge in [0.2, 0.25) is 5.91 Å². The second-order valence-electron chi connectivity index (χ2n) is 4.70. The van der Waals surface area contributed by atoms with Gasteiger partial charge in [-0.15, -0.1) is 0 Å². The fraction of sp³-hybridized carbons (Fsp3) is 0.0714. The minimum Gasteiger partial charge on any atom is -0.322 e. The molecule has 0 atom stereocenters. The number of pyridine rings is 1. The molecule has 0 spiro atoms. The van der Waals surface area contributed by atoms with Crippen LogP contribution in [-0.4, -0.2) is 36.1 Å². The lowest BCUT2D eigenvalue weighted by Crippen LogP contribution is -2.37. The van der Waals surface area contributed by atoms with E-state index in [0.717, 1.165) is 0 Å². The van der Waals surface area contributed by atoms with E-state index in [1.165, 1.54) is 30.5 Å². The van der Waals surface area contributed by atoms with Gasteiger partial charge in [0.15, 0.2) is 5.15 Å². The molecule has 1 aliphatic heterocycles. The van der Waals surface area contributed by atoms with E-state index < -0.39 is 28.4 Å². The normalized spacial score (nSPS) is 15.3. The van der Waals surface area contributed by atoms with Crippen LogP contribution in [0.15, 0.2) is 47.5 Å². The molecule has 0 saturated heterocycles. The molecule has 0 bridgehead atoms. The molecule has 0 fully saturated rings. The van der Waals surface area contributed by atoms with Crippen molar-refractivity contribution in [2.45, 2.75) is 4.90 Å². The van der Waals surface area contributed by atoms with E-state index in [1.54, 1.807) is 12.1 Å². The molecule has 118 valence electrons. The number of nitrogens with one attached hydrogen (secondary N) is 1. The van der Waals surface area contributed by atoms with E-state index in [2.05, 4.69) is 10.3 Å². The molecule has 1 N–H and O–H groups in total. The minimum atomic E-state index is -4.02. The molecular formula is C14H10ClN3O4S. The number of amides is 2. The fourth-order valence-corrected chi connectivity index (χ4v) is 3.88. The molecule has 0 radical (unpaired) electrons. The Hall–Kier alpha value is -2.45. The summed E-state index contributed by atoms with van der Waals surface area (Å²) in [6, 6.07) is 8.90. The molecule has 1 aliphatic rings. The molecule has 0 aliphatic carbocycles. The Morgan fingerprint density at radius 2 is 1.96 bits per heavy atom. The van der Waals surface area contributed by atoms with Gasteiger partial charge in [0, 0.05) is 6.20 Å². The molecule has 7 nitrogen and oxygen atoms in total. The van der Waals surface area contributed by atoms with E-state index in [0.29, 0.717) is 4.31 Å². The standard InChI is InChI=1S/C14H10ClN3O4S/c15-13-10(5-3-7-16-13)17-12(19)8-18-14(20)9-4-1-2-6-11(9)23(18,21)22/h1-7H,8H2,(H,17,19). The molecule has 23 heavy (non-hydrogen) atoms. The highest BCUT2D eigenvalue weighted by Gasteiger charge is 2.41. The van der Waals surface area contributed by atoms with Crippen LogP contribution in [0.3, 0.4) is 0 Å². The lowest BCUT2D eigenvalue weighted by atomic mass is 10.2. The molecular weight excluding hydrogens is 342 g/mol. The van der Waals surface area contributed by atoms with Crippen LogP contribution in [0.1, 0.15) is 10.4 Å². The maximum atomic E-state index is 12.3. The Kier molecular flexibility index (Phi) is 3.78. The molecule has 1 aromatic carbocycles. The second-order valence-corrected chi connectivity index (χ2v) is 6.89. The number of benzene rings is 1. The molecule has 0 saturated carbocycles. The Bertz CT molecular complexity index is 914. The summed E-state index contributed by atoms with van der Waals surface area (Å²) >= 11 is 5.82. The third kappa shape index (κ3) is 2.66. The first kappa shape index (κ1) is 15.4. The smallest absolute Gasteiger partial charge is 0.269 e. The van der Waals surface area contributed by atoms with E-state index in [9.17, 15) is 18.0 Å². The van der Waals surface area contributed by atoms with Gasteiger partial charge in [-0.2, -0.15) is 0 Å². The van der Waals surface area contributed by atoms with Crippen molar-refractivity contribution in [3.63, 3.8) is 0 Å². The summed E-state index contributed by atoms with van der Waals surface area (Å²) in [5, 5.41) is 2.50. The fourth-order valence-electron chi connectivity index (χ4n) is 2.19. The highest BCUT2D eigenvalue weighted by molar-refractivity contribution is 7.90. The summed E-state index contributed by atoms with van der Waals surface area (Å²) < 4.78 is 25.2. The number of carbonyl (C=O) groups is 2. The zero-order chi connectivity index (χ0) is 16.6. The third-order valence-corrected chi connectivity index (χ3v) is 5.32. The van der Waals surface area contributed by atoms with Gasteiger partial charge in [0.1, 0.15) is 11.4 Å². The lowest BCUT2D eigenvalue weighted by molar-refractivity contribution is -0.116. The van der Waals surface area contributed by atoms with Gasteiger partial charge in [-0.1, -0.05) is 23.7 Å². The molecule has 1 aromatic heterocycles. The Labute approximate surface area is 136 Å². The van der Waals surface area contributed by atoms with Crippen LogP contribution in [0.25, 0.3) is 0 Å². The summed E-state index contributed by atoms with van der Waals surface area (Å²) in [4.78, 5) is 27.9. The number of anilines is 1. The SMILES string of the molecule is O=C(CN1C(=O)c2ccccc2S1(=O)=O)Nc1cccnc1Cl. The lowest BCUT2D eigenvalue weighted by Gasteiger charge is -2.15. The van der Waals surface area contributed by atoms with Gasteiger partial charge in [-0.3, -0.25) is 9.59 Å². The Morgan fingerprint density at radius 3 is 2.65 bits per heavy atom. The van der Waals surface area contributed by atoms with Crippen LogP contribution >= 0.6 is 11.6 Å². The zero-order valence-electron chi connectivity index (χ0n) is 11.6. The average Bonchev–Trinajstić information content (AvgIpc) is 2.71. The van der Waals surface area contributed by atoms with E-state index >= 15 is 0 Å². The van der Waals surface area contributed by atoms with Crippen LogP contribution in [0.2, 0.25) is 5.15 Å². The number of hydrogen-bond donors (Lipinski definition) is 1. The first-order valence-corrected chi connectivity index (χ1v) is 8.29. The average molecular weight is 352 g/mol. The van der Waals surface area contributed by atoms with Crippen molar-refractivity contribution < 1.29 is 18.0 Å². The van der Waals surface area contributed by atoms with Crippen LogP contribution in [0.4, 0.5) is 5.69 Å². The van der Waals surface area contributed by atoms with Crippen molar-refractivity contribution in [2.75, 3.05) is 11.9 Å². The minimum absolute atomic E-state index is 0.0553. The van der Waals surface area contributed by atoms with Gasteiger partial charge >= 0.3 is 0 Å².